The van der Waals surface area contributed by atoms with Gasteiger partial charge in [0.1, 0.15) is 5.82 Å². The summed E-state index contributed by atoms with van der Waals surface area (Å²) in [6, 6.07) is 12.4. The lowest BCUT2D eigenvalue weighted by molar-refractivity contribution is -0.136. The van der Waals surface area contributed by atoms with Crippen LogP contribution in [0.2, 0.25) is 5.02 Å². The summed E-state index contributed by atoms with van der Waals surface area (Å²) in [5.41, 5.74) is 2.06. The van der Waals surface area contributed by atoms with E-state index < -0.39 is 17.6 Å². The van der Waals surface area contributed by atoms with Gasteiger partial charge >= 0.3 is 11.8 Å². The van der Waals surface area contributed by atoms with E-state index in [-0.39, 0.29) is 6.54 Å². The zero-order valence-corrected chi connectivity index (χ0v) is 17.0. The number of halogens is 2. The lowest BCUT2D eigenvalue weighted by Crippen LogP contribution is -2.36. The molecule has 0 radical (unpaired) electrons. The third-order valence-corrected chi connectivity index (χ3v) is 5.34. The van der Waals surface area contributed by atoms with Gasteiger partial charge in [-0.2, -0.15) is 4.98 Å². The van der Waals surface area contributed by atoms with E-state index in [1.54, 1.807) is 16.6 Å². The number of benzene rings is 2. The van der Waals surface area contributed by atoms with E-state index in [1.807, 2.05) is 17.5 Å². The molecule has 0 saturated heterocycles. The fourth-order valence-corrected chi connectivity index (χ4v) is 3.71. The fourth-order valence-electron chi connectivity index (χ4n) is 2.72. The molecule has 0 aliphatic heterocycles. The number of nitrogens with zero attached hydrogens (tertiary/aromatic N) is 3. The first-order valence-electron chi connectivity index (χ1n) is 8.93. The summed E-state index contributed by atoms with van der Waals surface area (Å²) in [4.78, 5) is 29.2. The SMILES string of the molecule is O=C(NCCc1csc2nc(-c3ccc(Cl)cc3)nn12)C(=O)Nc1ccc(F)cc1. The molecule has 0 aliphatic carbocycles. The van der Waals surface area contributed by atoms with Crippen LogP contribution in [0.25, 0.3) is 16.3 Å². The van der Waals surface area contributed by atoms with Crippen molar-refractivity contribution < 1.29 is 14.0 Å². The average molecular weight is 444 g/mol. The van der Waals surface area contributed by atoms with Gasteiger partial charge in [0.15, 0.2) is 5.82 Å². The molecule has 2 amide bonds. The molecule has 0 bridgehead atoms. The maximum absolute atomic E-state index is 12.9. The van der Waals surface area contributed by atoms with Crippen LogP contribution in [0, 0.1) is 5.82 Å². The smallest absolute Gasteiger partial charge is 0.313 e. The summed E-state index contributed by atoms with van der Waals surface area (Å²) in [7, 11) is 0. The molecule has 30 heavy (non-hydrogen) atoms. The van der Waals surface area contributed by atoms with Crippen LogP contribution in [0.5, 0.6) is 0 Å². The molecule has 0 atom stereocenters. The Hall–Kier alpha value is -3.30. The van der Waals surface area contributed by atoms with Gasteiger partial charge in [-0.15, -0.1) is 16.4 Å². The van der Waals surface area contributed by atoms with Crippen molar-refractivity contribution in [3.05, 3.63) is 70.4 Å². The Bertz CT molecular complexity index is 1200. The molecule has 4 aromatic rings. The summed E-state index contributed by atoms with van der Waals surface area (Å²) < 4.78 is 14.6. The quantitative estimate of drug-likeness (QED) is 0.462. The van der Waals surface area contributed by atoms with Gasteiger partial charge in [0, 0.05) is 34.6 Å². The number of hydrogen-bond donors (Lipinski definition) is 2. The largest absolute Gasteiger partial charge is 0.347 e. The molecule has 4 rings (SSSR count). The Morgan fingerprint density at radius 1 is 1.07 bits per heavy atom. The van der Waals surface area contributed by atoms with Gasteiger partial charge in [0.25, 0.3) is 0 Å². The number of hydrogen-bond acceptors (Lipinski definition) is 5. The summed E-state index contributed by atoms with van der Waals surface area (Å²) in [5.74, 6) is -1.43. The molecular weight excluding hydrogens is 429 g/mol. The lowest BCUT2D eigenvalue weighted by Gasteiger charge is -2.06. The number of carbonyl (C=O) groups is 2. The summed E-state index contributed by atoms with van der Waals surface area (Å²) in [6.07, 6.45) is 0.471. The number of nitrogens with one attached hydrogen (secondary N) is 2. The minimum atomic E-state index is -0.817. The van der Waals surface area contributed by atoms with Crippen LogP contribution in [-0.4, -0.2) is 33.0 Å². The highest BCUT2D eigenvalue weighted by molar-refractivity contribution is 7.15. The Morgan fingerprint density at radius 3 is 2.53 bits per heavy atom. The van der Waals surface area contributed by atoms with Gasteiger partial charge in [-0.3, -0.25) is 9.59 Å². The molecule has 2 N–H and O–H groups in total. The molecule has 2 aromatic heterocycles. The molecular formula is C20H15ClFN5O2S. The second-order valence-corrected chi connectivity index (χ2v) is 7.60. The summed E-state index contributed by atoms with van der Waals surface area (Å²) in [5, 5.41) is 12.0. The van der Waals surface area contributed by atoms with Gasteiger partial charge in [0.2, 0.25) is 4.96 Å². The van der Waals surface area contributed by atoms with E-state index in [2.05, 4.69) is 20.7 Å². The predicted molar refractivity (Wildman–Crippen MR) is 113 cm³/mol. The molecule has 0 fully saturated rings. The van der Waals surface area contributed by atoms with E-state index in [0.29, 0.717) is 23.0 Å². The van der Waals surface area contributed by atoms with Gasteiger partial charge < -0.3 is 10.6 Å². The predicted octanol–water partition coefficient (Wildman–Crippen LogP) is 3.55. The van der Waals surface area contributed by atoms with Crippen molar-refractivity contribution in [2.75, 3.05) is 11.9 Å². The Kier molecular flexibility index (Phi) is 5.73. The molecule has 7 nitrogen and oxygen atoms in total. The number of amides is 2. The number of carbonyl (C=O) groups excluding carboxylic acids is 2. The molecule has 0 unspecified atom stereocenters. The van der Waals surface area contributed by atoms with Crippen LogP contribution >= 0.6 is 22.9 Å². The van der Waals surface area contributed by atoms with Crippen molar-refractivity contribution in [2.24, 2.45) is 0 Å². The summed E-state index contributed by atoms with van der Waals surface area (Å²) in [6.45, 7) is 0.248. The maximum Gasteiger partial charge on any atom is 0.313 e. The monoisotopic (exact) mass is 443 g/mol. The number of fused-ring (bicyclic) bond motifs is 1. The second-order valence-electron chi connectivity index (χ2n) is 6.33. The summed E-state index contributed by atoms with van der Waals surface area (Å²) >= 11 is 7.36. The normalized spacial score (nSPS) is 10.9. The van der Waals surface area contributed by atoms with E-state index in [4.69, 9.17) is 11.6 Å². The minimum absolute atomic E-state index is 0.248. The van der Waals surface area contributed by atoms with Gasteiger partial charge in [-0.1, -0.05) is 11.6 Å². The van der Waals surface area contributed by atoms with Crippen molar-refractivity contribution >= 4 is 45.4 Å². The van der Waals surface area contributed by atoms with Crippen LogP contribution < -0.4 is 10.6 Å². The fraction of sp³-hybridized carbons (Fsp3) is 0.100. The molecule has 0 saturated carbocycles. The van der Waals surface area contributed by atoms with Crippen LogP contribution in [-0.2, 0) is 16.0 Å². The molecule has 0 aliphatic rings. The highest BCUT2D eigenvalue weighted by Crippen LogP contribution is 2.22. The van der Waals surface area contributed by atoms with Crippen LogP contribution in [0.1, 0.15) is 5.69 Å². The molecule has 152 valence electrons. The van der Waals surface area contributed by atoms with E-state index >= 15 is 0 Å². The first-order chi connectivity index (χ1) is 14.5. The highest BCUT2D eigenvalue weighted by atomic mass is 35.5. The number of aromatic nitrogens is 3. The van der Waals surface area contributed by atoms with E-state index in [1.165, 1.54) is 35.6 Å². The topological polar surface area (TPSA) is 88.4 Å². The molecule has 10 heteroatoms. The van der Waals surface area contributed by atoms with E-state index in [0.717, 1.165) is 16.2 Å². The highest BCUT2D eigenvalue weighted by Gasteiger charge is 2.15. The van der Waals surface area contributed by atoms with Crippen LogP contribution in [0.3, 0.4) is 0 Å². The first-order valence-corrected chi connectivity index (χ1v) is 10.2. The molecule has 2 aromatic carbocycles. The van der Waals surface area contributed by atoms with Gasteiger partial charge in [-0.25, -0.2) is 8.91 Å². The van der Waals surface area contributed by atoms with Crippen LogP contribution in [0.15, 0.2) is 53.9 Å². The number of thiazole rings is 1. The molecule has 2 heterocycles. The average Bonchev–Trinajstić information content (AvgIpc) is 3.32. The number of rotatable bonds is 5. The third-order valence-electron chi connectivity index (χ3n) is 4.23. The minimum Gasteiger partial charge on any atom is -0.347 e. The van der Waals surface area contributed by atoms with Crippen molar-refractivity contribution in [3.63, 3.8) is 0 Å². The first kappa shape index (κ1) is 20.0. The zero-order chi connectivity index (χ0) is 21.1. The van der Waals surface area contributed by atoms with Gasteiger partial charge in [0.05, 0.1) is 5.69 Å². The zero-order valence-electron chi connectivity index (χ0n) is 15.4. The Labute approximate surface area is 179 Å². The van der Waals surface area contributed by atoms with Gasteiger partial charge in [-0.05, 0) is 48.5 Å². The van der Waals surface area contributed by atoms with Crippen molar-refractivity contribution in [1.82, 2.24) is 19.9 Å². The van der Waals surface area contributed by atoms with Crippen molar-refractivity contribution in [3.8, 4) is 11.4 Å². The second kappa shape index (κ2) is 8.60. The maximum atomic E-state index is 12.9. The van der Waals surface area contributed by atoms with Crippen molar-refractivity contribution in [2.45, 2.75) is 6.42 Å². The number of anilines is 1. The Balaban J connectivity index is 1.35. The van der Waals surface area contributed by atoms with Crippen molar-refractivity contribution in [1.29, 1.82) is 0 Å². The third kappa shape index (κ3) is 4.47. The lowest BCUT2D eigenvalue weighted by atomic mass is 10.2. The van der Waals surface area contributed by atoms with E-state index in [9.17, 15) is 14.0 Å². The molecule has 0 spiro atoms. The van der Waals surface area contributed by atoms with Crippen LogP contribution in [0.4, 0.5) is 10.1 Å². The Morgan fingerprint density at radius 2 is 1.80 bits per heavy atom. The standard InChI is InChI=1S/C20H15ClFN5O2S/c21-13-3-1-12(2-4-13)17-25-20-27(26-17)16(11-30-20)9-10-23-18(28)19(29)24-15-7-5-14(22)6-8-15/h1-8,11H,9-10H2,(H,23,28)(H,24,29).